The fourth-order valence-corrected chi connectivity index (χ4v) is 1.27. The maximum Gasteiger partial charge on any atom is 0.339 e. The Morgan fingerprint density at radius 3 is 2.69 bits per heavy atom. The lowest BCUT2D eigenvalue weighted by atomic mass is 10.2. The van der Waals surface area contributed by atoms with Crippen LogP contribution in [0.5, 0.6) is 11.5 Å². The molecule has 0 unspecified atom stereocenters. The zero-order valence-corrected chi connectivity index (χ0v) is 8.33. The fraction of sp³-hybridized carbons (Fsp3) is 0. The van der Waals surface area contributed by atoms with E-state index in [1.54, 1.807) is 36.5 Å². The highest BCUT2D eigenvalue weighted by atomic mass is 16.5. The standard InChI is InChI=1S/C12H9NO3/c14-12(15)10-5-1-2-6-11(10)16-9-4-3-7-13-8-9/h1-8H,(H,14,15). The maximum absolute atomic E-state index is 10.9. The summed E-state index contributed by atoms with van der Waals surface area (Å²) in [7, 11) is 0. The molecule has 0 bridgehead atoms. The van der Waals surface area contributed by atoms with Gasteiger partial charge in [-0.1, -0.05) is 12.1 Å². The van der Waals surface area contributed by atoms with Crippen LogP contribution in [0.1, 0.15) is 10.4 Å². The van der Waals surface area contributed by atoms with Crippen molar-refractivity contribution in [2.45, 2.75) is 0 Å². The van der Waals surface area contributed by atoms with E-state index in [4.69, 9.17) is 9.84 Å². The third-order valence-electron chi connectivity index (χ3n) is 1.98. The molecule has 0 saturated heterocycles. The number of ether oxygens (including phenoxy) is 1. The number of aromatic nitrogens is 1. The highest BCUT2D eigenvalue weighted by Crippen LogP contribution is 2.24. The van der Waals surface area contributed by atoms with Gasteiger partial charge in [0, 0.05) is 6.20 Å². The molecule has 0 saturated carbocycles. The molecule has 4 heteroatoms. The van der Waals surface area contributed by atoms with E-state index < -0.39 is 5.97 Å². The Morgan fingerprint density at radius 1 is 1.19 bits per heavy atom. The van der Waals surface area contributed by atoms with Gasteiger partial charge in [0.15, 0.2) is 0 Å². The van der Waals surface area contributed by atoms with Gasteiger partial charge in [0.2, 0.25) is 0 Å². The number of para-hydroxylation sites is 1. The predicted molar refractivity (Wildman–Crippen MR) is 57.7 cm³/mol. The first-order chi connectivity index (χ1) is 7.77. The van der Waals surface area contributed by atoms with E-state index >= 15 is 0 Å². The number of nitrogens with zero attached hydrogens (tertiary/aromatic N) is 1. The highest BCUT2D eigenvalue weighted by molar-refractivity contribution is 5.90. The topological polar surface area (TPSA) is 59.4 Å². The molecule has 16 heavy (non-hydrogen) atoms. The van der Waals surface area contributed by atoms with Crippen molar-refractivity contribution >= 4 is 5.97 Å². The van der Waals surface area contributed by atoms with Crippen molar-refractivity contribution in [3.8, 4) is 11.5 Å². The first kappa shape index (κ1) is 10.2. The Hall–Kier alpha value is -2.36. The third-order valence-corrected chi connectivity index (χ3v) is 1.98. The van der Waals surface area contributed by atoms with Crippen molar-refractivity contribution in [2.75, 3.05) is 0 Å². The number of pyridine rings is 1. The highest BCUT2D eigenvalue weighted by Gasteiger charge is 2.10. The molecule has 1 aromatic carbocycles. The summed E-state index contributed by atoms with van der Waals surface area (Å²) < 4.78 is 5.43. The first-order valence-corrected chi connectivity index (χ1v) is 4.67. The molecular formula is C12H9NO3. The number of aromatic carboxylic acids is 1. The second-order valence-electron chi connectivity index (χ2n) is 3.09. The van der Waals surface area contributed by atoms with Crippen molar-refractivity contribution in [1.29, 1.82) is 0 Å². The minimum absolute atomic E-state index is 0.131. The van der Waals surface area contributed by atoms with Crippen molar-refractivity contribution in [1.82, 2.24) is 4.98 Å². The molecule has 0 spiro atoms. The van der Waals surface area contributed by atoms with Gasteiger partial charge < -0.3 is 9.84 Å². The van der Waals surface area contributed by atoms with Crippen LogP contribution in [0.25, 0.3) is 0 Å². The van der Waals surface area contributed by atoms with E-state index in [1.807, 2.05) is 0 Å². The second-order valence-corrected chi connectivity index (χ2v) is 3.09. The molecule has 0 aliphatic rings. The van der Waals surface area contributed by atoms with Gasteiger partial charge in [-0.3, -0.25) is 4.98 Å². The van der Waals surface area contributed by atoms with E-state index in [-0.39, 0.29) is 5.56 Å². The quantitative estimate of drug-likeness (QED) is 0.854. The summed E-state index contributed by atoms with van der Waals surface area (Å²) in [6.45, 7) is 0. The first-order valence-electron chi connectivity index (χ1n) is 4.67. The lowest BCUT2D eigenvalue weighted by molar-refractivity contribution is 0.0694. The van der Waals surface area contributed by atoms with Crippen LogP contribution >= 0.6 is 0 Å². The van der Waals surface area contributed by atoms with Crippen molar-refractivity contribution < 1.29 is 14.6 Å². The molecule has 0 fully saturated rings. The van der Waals surface area contributed by atoms with E-state index in [2.05, 4.69) is 4.98 Å². The molecule has 1 aromatic heterocycles. The van der Waals surface area contributed by atoms with Crippen LogP contribution in [0.4, 0.5) is 0 Å². The predicted octanol–water partition coefficient (Wildman–Crippen LogP) is 2.57. The van der Waals surface area contributed by atoms with Crippen LogP contribution in [0.15, 0.2) is 48.8 Å². The van der Waals surface area contributed by atoms with Crippen LogP contribution in [-0.2, 0) is 0 Å². The summed E-state index contributed by atoms with van der Waals surface area (Å²) >= 11 is 0. The summed E-state index contributed by atoms with van der Waals surface area (Å²) in [5.41, 5.74) is 0.131. The lowest BCUT2D eigenvalue weighted by Crippen LogP contribution is -1.99. The van der Waals surface area contributed by atoms with Gasteiger partial charge in [-0.2, -0.15) is 0 Å². The minimum atomic E-state index is -1.01. The fourth-order valence-electron chi connectivity index (χ4n) is 1.27. The van der Waals surface area contributed by atoms with Gasteiger partial charge in [-0.15, -0.1) is 0 Å². The largest absolute Gasteiger partial charge is 0.478 e. The summed E-state index contributed by atoms with van der Waals surface area (Å²) in [5, 5.41) is 8.95. The summed E-state index contributed by atoms with van der Waals surface area (Å²) in [6, 6.07) is 9.91. The van der Waals surface area contributed by atoms with Crippen LogP contribution < -0.4 is 4.74 Å². The number of carboxylic acid groups (broad SMARTS) is 1. The monoisotopic (exact) mass is 215 g/mol. The number of rotatable bonds is 3. The lowest BCUT2D eigenvalue weighted by Gasteiger charge is -2.07. The second kappa shape index (κ2) is 4.44. The number of carboxylic acids is 1. The molecule has 0 atom stereocenters. The molecule has 0 radical (unpaired) electrons. The summed E-state index contributed by atoms with van der Waals surface area (Å²) in [4.78, 5) is 14.8. The number of hydrogen-bond acceptors (Lipinski definition) is 3. The normalized spacial score (nSPS) is 9.75. The third kappa shape index (κ3) is 2.17. The Morgan fingerprint density at radius 2 is 2.00 bits per heavy atom. The molecule has 2 aromatic rings. The van der Waals surface area contributed by atoms with Gasteiger partial charge in [0.05, 0.1) is 6.20 Å². The molecule has 80 valence electrons. The van der Waals surface area contributed by atoms with E-state index in [1.165, 1.54) is 12.3 Å². The summed E-state index contributed by atoms with van der Waals surface area (Å²) in [6.07, 6.45) is 3.15. The van der Waals surface area contributed by atoms with Crippen LogP contribution in [-0.4, -0.2) is 16.1 Å². The van der Waals surface area contributed by atoms with E-state index in [0.29, 0.717) is 11.5 Å². The minimum Gasteiger partial charge on any atom is -0.478 e. The number of hydrogen-bond donors (Lipinski definition) is 1. The van der Waals surface area contributed by atoms with E-state index in [0.717, 1.165) is 0 Å². The Balaban J connectivity index is 2.31. The number of benzene rings is 1. The van der Waals surface area contributed by atoms with Crippen LogP contribution in [0.2, 0.25) is 0 Å². The molecule has 4 nitrogen and oxygen atoms in total. The van der Waals surface area contributed by atoms with Crippen molar-refractivity contribution in [3.63, 3.8) is 0 Å². The average molecular weight is 215 g/mol. The average Bonchev–Trinajstić information content (AvgIpc) is 2.31. The van der Waals surface area contributed by atoms with Gasteiger partial charge >= 0.3 is 5.97 Å². The smallest absolute Gasteiger partial charge is 0.339 e. The van der Waals surface area contributed by atoms with Gasteiger partial charge in [0.1, 0.15) is 17.1 Å². The molecule has 0 aliphatic carbocycles. The maximum atomic E-state index is 10.9. The molecule has 0 amide bonds. The number of carbonyl (C=O) groups is 1. The molecule has 2 rings (SSSR count). The Kier molecular flexibility index (Phi) is 2.82. The zero-order chi connectivity index (χ0) is 11.4. The Labute approximate surface area is 92.1 Å². The van der Waals surface area contributed by atoms with Crippen LogP contribution in [0, 0.1) is 0 Å². The molecule has 0 aliphatic heterocycles. The molecule has 1 N–H and O–H groups in total. The Bertz CT molecular complexity index is 497. The van der Waals surface area contributed by atoms with Crippen molar-refractivity contribution in [2.24, 2.45) is 0 Å². The molecule has 1 heterocycles. The van der Waals surface area contributed by atoms with Crippen LogP contribution in [0.3, 0.4) is 0 Å². The SMILES string of the molecule is O=C(O)c1ccccc1Oc1cccnc1. The van der Waals surface area contributed by atoms with Gasteiger partial charge in [-0.05, 0) is 24.3 Å². The molecular weight excluding hydrogens is 206 g/mol. The van der Waals surface area contributed by atoms with Gasteiger partial charge in [0.25, 0.3) is 0 Å². The van der Waals surface area contributed by atoms with Gasteiger partial charge in [-0.25, -0.2) is 4.79 Å². The zero-order valence-electron chi connectivity index (χ0n) is 8.33. The summed E-state index contributed by atoms with van der Waals surface area (Å²) in [5.74, 6) is -0.196. The van der Waals surface area contributed by atoms with Crippen molar-refractivity contribution in [3.05, 3.63) is 54.4 Å². The van der Waals surface area contributed by atoms with E-state index in [9.17, 15) is 4.79 Å².